The molecule has 0 spiro atoms. The monoisotopic (exact) mass is 305 g/mol. The molecule has 6 heteroatoms. The van der Waals surface area contributed by atoms with Gasteiger partial charge < -0.3 is 14.8 Å². The second kappa shape index (κ2) is 5.99. The van der Waals surface area contributed by atoms with E-state index in [1.807, 2.05) is 19.2 Å². The number of benzene rings is 1. The van der Waals surface area contributed by atoms with E-state index in [1.165, 1.54) is 11.5 Å². The maximum Gasteiger partial charge on any atom is 0.161 e. The molecule has 1 aromatic carbocycles. The molecule has 1 aliphatic heterocycles. The molecule has 1 unspecified atom stereocenters. The first-order valence-corrected chi connectivity index (χ1v) is 7.87. The van der Waals surface area contributed by atoms with Crippen LogP contribution in [0.5, 0.6) is 11.5 Å². The molecule has 2 heterocycles. The zero-order valence-electron chi connectivity index (χ0n) is 12.4. The summed E-state index contributed by atoms with van der Waals surface area (Å²) >= 11 is 1.45. The summed E-state index contributed by atoms with van der Waals surface area (Å²) in [5.74, 6) is 1.97. The van der Waals surface area contributed by atoms with Gasteiger partial charge in [-0.1, -0.05) is 24.4 Å². The maximum atomic E-state index is 5.67. The normalized spacial score (nSPS) is 15.2. The van der Waals surface area contributed by atoms with E-state index in [1.54, 1.807) is 0 Å². The van der Waals surface area contributed by atoms with Crippen molar-refractivity contribution in [1.82, 2.24) is 14.9 Å². The summed E-state index contributed by atoms with van der Waals surface area (Å²) in [6.07, 6.45) is 0. The average molecular weight is 305 g/mol. The smallest absolute Gasteiger partial charge is 0.161 e. The van der Waals surface area contributed by atoms with E-state index in [-0.39, 0.29) is 6.04 Å². The number of nitrogens with zero attached hydrogens (tertiary/aromatic N) is 2. The molecule has 112 valence electrons. The first-order valence-electron chi connectivity index (χ1n) is 7.09. The Bertz CT molecular complexity index is 627. The van der Waals surface area contributed by atoms with E-state index in [0.717, 1.165) is 27.6 Å². The molecule has 0 amide bonds. The predicted octanol–water partition coefficient (Wildman–Crippen LogP) is 2.74. The summed E-state index contributed by atoms with van der Waals surface area (Å²) in [5, 5.41) is 7.63. The van der Waals surface area contributed by atoms with Crippen LogP contribution in [-0.2, 0) is 0 Å². The Kier molecular flexibility index (Phi) is 4.07. The lowest BCUT2D eigenvalue weighted by molar-refractivity contribution is 0.171. The van der Waals surface area contributed by atoms with E-state index in [0.29, 0.717) is 19.1 Å². The zero-order valence-corrected chi connectivity index (χ0v) is 13.2. The molecule has 0 saturated carbocycles. The van der Waals surface area contributed by atoms with Crippen molar-refractivity contribution in [3.8, 4) is 11.5 Å². The molecule has 0 aliphatic carbocycles. The van der Waals surface area contributed by atoms with Gasteiger partial charge >= 0.3 is 0 Å². The first kappa shape index (κ1) is 14.3. The summed E-state index contributed by atoms with van der Waals surface area (Å²) in [6, 6.07) is 6.15. The molecule has 0 fully saturated rings. The number of aromatic nitrogens is 2. The van der Waals surface area contributed by atoms with E-state index in [4.69, 9.17) is 9.47 Å². The summed E-state index contributed by atoms with van der Waals surface area (Å²) in [7, 11) is 1.95. The molecule has 0 saturated heterocycles. The summed E-state index contributed by atoms with van der Waals surface area (Å²) in [6.45, 7) is 5.48. The van der Waals surface area contributed by atoms with Crippen LogP contribution in [0.4, 0.5) is 0 Å². The molecule has 1 N–H and O–H groups in total. The maximum absolute atomic E-state index is 5.67. The SMILES string of the molecule is CNC(c1ccc2c(c1)OCCO2)c1snnc1C(C)C. The van der Waals surface area contributed by atoms with Gasteiger partial charge in [-0.2, -0.15) is 0 Å². The third-order valence-electron chi connectivity index (χ3n) is 3.54. The van der Waals surface area contributed by atoms with Crippen LogP contribution in [0.1, 0.15) is 41.9 Å². The third kappa shape index (κ3) is 2.73. The van der Waals surface area contributed by atoms with Gasteiger partial charge in [-0.3, -0.25) is 0 Å². The van der Waals surface area contributed by atoms with Crippen molar-refractivity contribution in [3.63, 3.8) is 0 Å². The quantitative estimate of drug-likeness (QED) is 0.941. The topological polar surface area (TPSA) is 56.3 Å². The number of ether oxygens (including phenoxy) is 2. The number of rotatable bonds is 4. The molecule has 1 aliphatic rings. The van der Waals surface area contributed by atoms with Gasteiger partial charge in [0, 0.05) is 0 Å². The highest BCUT2D eigenvalue weighted by molar-refractivity contribution is 7.05. The zero-order chi connectivity index (χ0) is 14.8. The Labute approximate surface area is 128 Å². The molecule has 1 aromatic heterocycles. The highest BCUT2D eigenvalue weighted by atomic mass is 32.1. The largest absolute Gasteiger partial charge is 0.486 e. The second-order valence-corrected chi connectivity index (χ2v) is 6.09. The summed E-state index contributed by atoms with van der Waals surface area (Å²) in [5.41, 5.74) is 2.18. The fraction of sp³-hybridized carbons (Fsp3) is 0.467. The molecule has 1 atom stereocenters. The molecule has 2 aromatic rings. The number of nitrogens with one attached hydrogen (secondary N) is 1. The van der Waals surface area contributed by atoms with Crippen LogP contribution in [0, 0.1) is 0 Å². The second-order valence-electron chi connectivity index (χ2n) is 5.30. The minimum absolute atomic E-state index is 0.0678. The minimum Gasteiger partial charge on any atom is -0.486 e. The van der Waals surface area contributed by atoms with Gasteiger partial charge in [0.1, 0.15) is 13.2 Å². The van der Waals surface area contributed by atoms with Crippen molar-refractivity contribution in [1.29, 1.82) is 0 Å². The Hall–Kier alpha value is -1.66. The van der Waals surface area contributed by atoms with E-state index in [2.05, 4.69) is 34.8 Å². The van der Waals surface area contributed by atoms with Crippen molar-refractivity contribution in [2.75, 3.05) is 20.3 Å². The molecule has 0 bridgehead atoms. The third-order valence-corrected chi connectivity index (χ3v) is 4.34. The Balaban J connectivity index is 1.98. The van der Waals surface area contributed by atoms with Gasteiger partial charge in [0.05, 0.1) is 16.6 Å². The lowest BCUT2D eigenvalue weighted by Crippen LogP contribution is -2.20. The van der Waals surface area contributed by atoms with E-state index in [9.17, 15) is 0 Å². The predicted molar refractivity (Wildman–Crippen MR) is 82.3 cm³/mol. The molecule has 0 radical (unpaired) electrons. The van der Waals surface area contributed by atoms with Crippen molar-refractivity contribution in [2.24, 2.45) is 0 Å². The average Bonchev–Trinajstić information content (AvgIpc) is 2.97. The lowest BCUT2D eigenvalue weighted by Gasteiger charge is -2.22. The van der Waals surface area contributed by atoms with Gasteiger partial charge in [0.15, 0.2) is 11.5 Å². The highest BCUT2D eigenvalue weighted by Gasteiger charge is 2.23. The minimum atomic E-state index is 0.0678. The Morgan fingerprint density at radius 3 is 2.67 bits per heavy atom. The van der Waals surface area contributed by atoms with Crippen LogP contribution in [0.25, 0.3) is 0 Å². The molecule has 3 rings (SSSR count). The summed E-state index contributed by atoms with van der Waals surface area (Å²) in [4.78, 5) is 1.16. The lowest BCUT2D eigenvalue weighted by atomic mass is 10.00. The Morgan fingerprint density at radius 1 is 1.19 bits per heavy atom. The van der Waals surface area contributed by atoms with Gasteiger partial charge in [-0.05, 0) is 42.2 Å². The summed E-state index contributed by atoms with van der Waals surface area (Å²) < 4.78 is 15.4. The number of hydrogen-bond donors (Lipinski definition) is 1. The molecular weight excluding hydrogens is 286 g/mol. The van der Waals surface area contributed by atoms with E-state index >= 15 is 0 Å². The Morgan fingerprint density at radius 2 is 1.95 bits per heavy atom. The van der Waals surface area contributed by atoms with Crippen molar-refractivity contribution in [3.05, 3.63) is 34.3 Å². The van der Waals surface area contributed by atoms with Crippen LogP contribution in [-0.4, -0.2) is 29.8 Å². The molecular formula is C15H19N3O2S. The van der Waals surface area contributed by atoms with Gasteiger partial charge in [0.2, 0.25) is 0 Å². The van der Waals surface area contributed by atoms with Crippen molar-refractivity contribution < 1.29 is 9.47 Å². The fourth-order valence-electron chi connectivity index (χ4n) is 2.49. The van der Waals surface area contributed by atoms with Crippen LogP contribution in [0.3, 0.4) is 0 Å². The van der Waals surface area contributed by atoms with Crippen LogP contribution in [0.15, 0.2) is 18.2 Å². The number of fused-ring (bicyclic) bond motifs is 1. The van der Waals surface area contributed by atoms with Gasteiger partial charge in [-0.15, -0.1) is 5.10 Å². The van der Waals surface area contributed by atoms with E-state index < -0.39 is 0 Å². The fourth-order valence-corrected chi connectivity index (χ4v) is 3.44. The molecule has 5 nitrogen and oxygen atoms in total. The molecule has 21 heavy (non-hydrogen) atoms. The van der Waals surface area contributed by atoms with Crippen LogP contribution >= 0.6 is 11.5 Å². The van der Waals surface area contributed by atoms with Crippen molar-refractivity contribution in [2.45, 2.75) is 25.8 Å². The van der Waals surface area contributed by atoms with Crippen molar-refractivity contribution >= 4 is 11.5 Å². The first-order chi connectivity index (χ1) is 10.2. The van der Waals surface area contributed by atoms with Crippen LogP contribution in [0.2, 0.25) is 0 Å². The van der Waals surface area contributed by atoms with Crippen LogP contribution < -0.4 is 14.8 Å². The van der Waals surface area contributed by atoms with Gasteiger partial charge in [0.25, 0.3) is 0 Å². The highest BCUT2D eigenvalue weighted by Crippen LogP contribution is 2.36. The van der Waals surface area contributed by atoms with Gasteiger partial charge in [-0.25, -0.2) is 0 Å². The standard InChI is InChI=1S/C15H19N3O2S/c1-9(2)13-15(21-18-17-13)14(16-3)10-4-5-11-12(8-10)20-7-6-19-11/h4-5,8-9,14,16H,6-7H2,1-3H3. The number of hydrogen-bond acceptors (Lipinski definition) is 6.